The number of carbonyl (C=O) groups is 1. The first kappa shape index (κ1) is 13.3. The lowest BCUT2D eigenvalue weighted by Crippen LogP contribution is -2.05. The predicted molar refractivity (Wildman–Crippen MR) is 80.1 cm³/mol. The molecule has 0 spiro atoms. The number of carbonyl (C=O) groups excluding carboxylic acids is 1. The molecule has 2 rings (SSSR count). The van der Waals surface area contributed by atoms with E-state index in [0.717, 1.165) is 27.9 Å². The molecule has 2 aromatic carbocycles. The van der Waals surface area contributed by atoms with Crippen molar-refractivity contribution >= 4 is 11.5 Å². The first-order valence-electron chi connectivity index (χ1n) is 6.43. The fourth-order valence-electron chi connectivity index (χ4n) is 2.18. The minimum absolute atomic E-state index is 0.0812. The maximum absolute atomic E-state index is 12.6. The van der Waals surface area contributed by atoms with Crippen LogP contribution >= 0.6 is 0 Å². The molecule has 0 saturated carbocycles. The van der Waals surface area contributed by atoms with Gasteiger partial charge in [-0.15, -0.1) is 0 Å². The molecule has 0 aliphatic heterocycles. The standard InChI is InChI=1S/C17H19NO/c1-11-8-13(3)16(9-12(11)2)17(19)14-6-5-7-15(10-14)18-4/h5-10,18H,1-4H3. The van der Waals surface area contributed by atoms with Crippen LogP contribution in [0.3, 0.4) is 0 Å². The number of ketones is 1. The summed E-state index contributed by atoms with van der Waals surface area (Å²) >= 11 is 0. The molecule has 0 aliphatic carbocycles. The summed E-state index contributed by atoms with van der Waals surface area (Å²) in [5.41, 5.74) is 5.86. The van der Waals surface area contributed by atoms with E-state index in [0.29, 0.717) is 0 Å². The molecule has 0 aliphatic rings. The van der Waals surface area contributed by atoms with E-state index in [9.17, 15) is 4.79 Å². The van der Waals surface area contributed by atoms with Crippen LogP contribution in [0.25, 0.3) is 0 Å². The molecule has 2 nitrogen and oxygen atoms in total. The molecular weight excluding hydrogens is 234 g/mol. The molecular formula is C17H19NO. The quantitative estimate of drug-likeness (QED) is 0.841. The van der Waals surface area contributed by atoms with Crippen LogP contribution in [-0.4, -0.2) is 12.8 Å². The summed E-state index contributed by atoms with van der Waals surface area (Å²) in [6.07, 6.45) is 0. The van der Waals surface area contributed by atoms with Gasteiger partial charge in [0.25, 0.3) is 0 Å². The van der Waals surface area contributed by atoms with Gasteiger partial charge in [-0.1, -0.05) is 18.2 Å². The van der Waals surface area contributed by atoms with Crippen molar-refractivity contribution in [2.75, 3.05) is 12.4 Å². The monoisotopic (exact) mass is 253 g/mol. The lowest BCUT2D eigenvalue weighted by Gasteiger charge is -2.10. The zero-order valence-electron chi connectivity index (χ0n) is 11.9. The van der Waals surface area contributed by atoms with Gasteiger partial charge in [0.2, 0.25) is 0 Å². The number of hydrogen-bond acceptors (Lipinski definition) is 2. The van der Waals surface area contributed by atoms with Gasteiger partial charge in [-0.25, -0.2) is 0 Å². The Bertz CT molecular complexity index is 629. The Hall–Kier alpha value is -2.09. The number of benzene rings is 2. The van der Waals surface area contributed by atoms with Crippen LogP contribution in [0.2, 0.25) is 0 Å². The molecule has 98 valence electrons. The maximum atomic E-state index is 12.6. The number of nitrogens with one attached hydrogen (secondary N) is 1. The van der Waals surface area contributed by atoms with Gasteiger partial charge >= 0.3 is 0 Å². The predicted octanol–water partition coefficient (Wildman–Crippen LogP) is 3.88. The number of rotatable bonds is 3. The Kier molecular flexibility index (Phi) is 3.70. The first-order valence-corrected chi connectivity index (χ1v) is 6.43. The minimum atomic E-state index is 0.0812. The summed E-state index contributed by atoms with van der Waals surface area (Å²) in [6.45, 7) is 6.09. The second kappa shape index (κ2) is 5.27. The van der Waals surface area contributed by atoms with Crippen molar-refractivity contribution in [2.24, 2.45) is 0 Å². The zero-order valence-corrected chi connectivity index (χ0v) is 11.9. The van der Waals surface area contributed by atoms with Crippen LogP contribution in [0, 0.1) is 20.8 Å². The SMILES string of the molecule is CNc1cccc(C(=O)c2cc(C)c(C)cc2C)c1. The molecule has 2 heteroatoms. The third-order valence-corrected chi connectivity index (χ3v) is 3.50. The topological polar surface area (TPSA) is 29.1 Å². The number of anilines is 1. The van der Waals surface area contributed by atoms with Crippen molar-refractivity contribution in [1.82, 2.24) is 0 Å². The van der Waals surface area contributed by atoms with Crippen molar-refractivity contribution < 1.29 is 4.79 Å². The highest BCUT2D eigenvalue weighted by Crippen LogP contribution is 2.20. The van der Waals surface area contributed by atoms with Gasteiger partial charge in [0.05, 0.1) is 0 Å². The Balaban J connectivity index is 2.46. The summed E-state index contributed by atoms with van der Waals surface area (Å²) in [6, 6.07) is 11.7. The Morgan fingerprint density at radius 1 is 0.947 bits per heavy atom. The molecule has 0 unspecified atom stereocenters. The summed E-state index contributed by atoms with van der Waals surface area (Å²) < 4.78 is 0. The van der Waals surface area contributed by atoms with E-state index >= 15 is 0 Å². The third kappa shape index (κ3) is 2.68. The van der Waals surface area contributed by atoms with Gasteiger partial charge in [0.15, 0.2) is 5.78 Å². The van der Waals surface area contributed by atoms with E-state index in [4.69, 9.17) is 0 Å². The van der Waals surface area contributed by atoms with Crippen LogP contribution in [0.4, 0.5) is 5.69 Å². The molecule has 19 heavy (non-hydrogen) atoms. The van der Waals surface area contributed by atoms with Gasteiger partial charge < -0.3 is 5.32 Å². The first-order chi connectivity index (χ1) is 9.02. The maximum Gasteiger partial charge on any atom is 0.193 e. The van der Waals surface area contributed by atoms with E-state index in [1.807, 2.05) is 51.2 Å². The Morgan fingerprint density at radius 2 is 1.63 bits per heavy atom. The zero-order chi connectivity index (χ0) is 14.0. The summed E-state index contributed by atoms with van der Waals surface area (Å²) in [5.74, 6) is 0.0812. The van der Waals surface area contributed by atoms with Gasteiger partial charge in [-0.2, -0.15) is 0 Å². The van der Waals surface area contributed by atoms with Crippen LogP contribution in [0.5, 0.6) is 0 Å². The lowest BCUT2D eigenvalue weighted by atomic mass is 9.94. The molecule has 0 saturated heterocycles. The van der Waals surface area contributed by atoms with Gasteiger partial charge in [0, 0.05) is 23.9 Å². The third-order valence-electron chi connectivity index (χ3n) is 3.50. The summed E-state index contributed by atoms with van der Waals surface area (Å²) in [5, 5.41) is 3.06. The summed E-state index contributed by atoms with van der Waals surface area (Å²) in [7, 11) is 1.85. The molecule has 0 bridgehead atoms. The highest BCUT2D eigenvalue weighted by molar-refractivity contribution is 6.10. The fraction of sp³-hybridized carbons (Fsp3) is 0.235. The molecule has 0 heterocycles. The van der Waals surface area contributed by atoms with Crippen molar-refractivity contribution in [3.05, 3.63) is 64.2 Å². The van der Waals surface area contributed by atoms with E-state index in [-0.39, 0.29) is 5.78 Å². The van der Waals surface area contributed by atoms with E-state index in [1.54, 1.807) is 0 Å². The number of hydrogen-bond donors (Lipinski definition) is 1. The second-order valence-electron chi connectivity index (χ2n) is 4.91. The number of aryl methyl sites for hydroxylation is 3. The average Bonchev–Trinajstić information content (AvgIpc) is 2.42. The Labute approximate surface area is 114 Å². The highest BCUT2D eigenvalue weighted by atomic mass is 16.1. The molecule has 0 fully saturated rings. The van der Waals surface area contributed by atoms with Crippen LogP contribution in [-0.2, 0) is 0 Å². The molecule has 0 atom stereocenters. The largest absolute Gasteiger partial charge is 0.388 e. The molecule has 0 aromatic heterocycles. The molecule has 2 aromatic rings. The minimum Gasteiger partial charge on any atom is -0.388 e. The van der Waals surface area contributed by atoms with Crippen LogP contribution in [0.1, 0.15) is 32.6 Å². The second-order valence-corrected chi connectivity index (χ2v) is 4.91. The van der Waals surface area contributed by atoms with E-state index in [1.165, 1.54) is 5.56 Å². The molecule has 1 N–H and O–H groups in total. The van der Waals surface area contributed by atoms with Crippen molar-refractivity contribution in [3.63, 3.8) is 0 Å². The van der Waals surface area contributed by atoms with Crippen molar-refractivity contribution in [2.45, 2.75) is 20.8 Å². The van der Waals surface area contributed by atoms with Crippen LogP contribution < -0.4 is 5.32 Å². The molecule has 0 radical (unpaired) electrons. The lowest BCUT2D eigenvalue weighted by molar-refractivity contribution is 0.103. The smallest absolute Gasteiger partial charge is 0.193 e. The molecule has 0 amide bonds. The summed E-state index contributed by atoms with van der Waals surface area (Å²) in [4.78, 5) is 12.6. The normalized spacial score (nSPS) is 10.3. The fourth-order valence-corrected chi connectivity index (χ4v) is 2.18. The van der Waals surface area contributed by atoms with E-state index < -0.39 is 0 Å². The van der Waals surface area contributed by atoms with Crippen molar-refractivity contribution in [3.8, 4) is 0 Å². The highest BCUT2D eigenvalue weighted by Gasteiger charge is 2.13. The van der Waals surface area contributed by atoms with Gasteiger partial charge in [-0.3, -0.25) is 4.79 Å². The van der Waals surface area contributed by atoms with E-state index in [2.05, 4.69) is 18.3 Å². The van der Waals surface area contributed by atoms with Gasteiger partial charge in [-0.05, 0) is 55.7 Å². The average molecular weight is 253 g/mol. The Morgan fingerprint density at radius 3 is 2.32 bits per heavy atom. The van der Waals surface area contributed by atoms with Crippen LogP contribution in [0.15, 0.2) is 36.4 Å². The van der Waals surface area contributed by atoms with Crippen molar-refractivity contribution in [1.29, 1.82) is 0 Å². The van der Waals surface area contributed by atoms with Gasteiger partial charge in [0.1, 0.15) is 0 Å².